The van der Waals surface area contributed by atoms with E-state index in [0.29, 0.717) is 0 Å². The zero-order valence-electron chi connectivity index (χ0n) is 10.7. The summed E-state index contributed by atoms with van der Waals surface area (Å²) in [6, 6.07) is 4.32. The molecule has 2 aliphatic rings. The Hall–Kier alpha value is -1.60. The summed E-state index contributed by atoms with van der Waals surface area (Å²) in [6.07, 6.45) is 6.94. The summed E-state index contributed by atoms with van der Waals surface area (Å²) in [6.45, 7) is 2.84. The third kappa shape index (κ3) is 1.67. The highest BCUT2D eigenvalue weighted by molar-refractivity contribution is 5.49. The third-order valence-corrected chi connectivity index (χ3v) is 4.20. The SMILES string of the molecule is Cc1cc(C2(N=C=O)CCCC2)cc2c1OCC2. The Kier molecular flexibility index (Phi) is 2.71. The second-order valence-corrected chi connectivity index (χ2v) is 5.32. The highest BCUT2D eigenvalue weighted by Crippen LogP contribution is 2.44. The topological polar surface area (TPSA) is 38.7 Å². The summed E-state index contributed by atoms with van der Waals surface area (Å²) in [7, 11) is 0. The van der Waals surface area contributed by atoms with Crippen molar-refractivity contribution in [2.24, 2.45) is 4.99 Å². The van der Waals surface area contributed by atoms with Gasteiger partial charge in [0.25, 0.3) is 0 Å². The summed E-state index contributed by atoms with van der Waals surface area (Å²) in [5.41, 5.74) is 3.28. The molecule has 0 bridgehead atoms. The molecular weight excluding hydrogens is 226 g/mol. The van der Waals surface area contributed by atoms with Crippen molar-refractivity contribution in [3.63, 3.8) is 0 Å². The minimum atomic E-state index is -0.315. The highest BCUT2D eigenvalue weighted by atomic mass is 16.5. The molecule has 1 aliphatic heterocycles. The summed E-state index contributed by atoms with van der Waals surface area (Å²) in [4.78, 5) is 14.9. The van der Waals surface area contributed by atoms with Crippen molar-refractivity contribution < 1.29 is 9.53 Å². The first-order valence-corrected chi connectivity index (χ1v) is 6.61. The molecule has 1 aromatic carbocycles. The second-order valence-electron chi connectivity index (χ2n) is 5.32. The van der Waals surface area contributed by atoms with Gasteiger partial charge in [0, 0.05) is 6.42 Å². The quantitative estimate of drug-likeness (QED) is 0.591. The van der Waals surface area contributed by atoms with Crippen molar-refractivity contribution in [3.05, 3.63) is 28.8 Å². The van der Waals surface area contributed by atoms with Crippen LogP contribution in [0, 0.1) is 6.92 Å². The zero-order chi connectivity index (χ0) is 12.6. The van der Waals surface area contributed by atoms with Gasteiger partial charge in [-0.05, 0) is 48.6 Å². The van der Waals surface area contributed by atoms with Crippen LogP contribution in [0.5, 0.6) is 5.75 Å². The molecule has 1 heterocycles. The van der Waals surface area contributed by atoms with Gasteiger partial charge in [0.15, 0.2) is 0 Å². The van der Waals surface area contributed by atoms with Crippen molar-refractivity contribution >= 4 is 6.08 Å². The van der Waals surface area contributed by atoms with E-state index < -0.39 is 0 Å². The summed E-state index contributed by atoms with van der Waals surface area (Å²) in [5.74, 6) is 1.03. The largest absolute Gasteiger partial charge is 0.493 e. The van der Waals surface area contributed by atoms with Crippen LogP contribution in [0.3, 0.4) is 0 Å². The predicted molar refractivity (Wildman–Crippen MR) is 68.6 cm³/mol. The van der Waals surface area contributed by atoms with Gasteiger partial charge in [0.2, 0.25) is 6.08 Å². The van der Waals surface area contributed by atoms with E-state index >= 15 is 0 Å². The number of isocyanates is 1. The van der Waals surface area contributed by atoms with E-state index in [1.54, 1.807) is 6.08 Å². The molecule has 0 aromatic heterocycles. The average Bonchev–Trinajstić information content (AvgIpc) is 2.98. The smallest absolute Gasteiger partial charge is 0.235 e. The normalized spacial score (nSPS) is 20.1. The van der Waals surface area contributed by atoms with Crippen molar-refractivity contribution in [3.8, 4) is 5.75 Å². The molecule has 0 atom stereocenters. The Labute approximate surface area is 107 Å². The zero-order valence-corrected chi connectivity index (χ0v) is 10.7. The maximum absolute atomic E-state index is 10.7. The van der Waals surface area contributed by atoms with Gasteiger partial charge in [-0.15, -0.1) is 0 Å². The molecule has 18 heavy (non-hydrogen) atoms. The Morgan fingerprint density at radius 3 is 2.83 bits per heavy atom. The molecule has 0 amide bonds. The number of benzene rings is 1. The van der Waals surface area contributed by atoms with Gasteiger partial charge >= 0.3 is 0 Å². The first kappa shape index (κ1) is 11.5. The molecule has 0 N–H and O–H groups in total. The fraction of sp³-hybridized carbons (Fsp3) is 0.533. The predicted octanol–water partition coefficient (Wildman–Crippen LogP) is 3.04. The fourth-order valence-corrected chi connectivity index (χ4v) is 3.28. The molecule has 1 saturated carbocycles. The molecular formula is C15H17NO2. The molecule has 3 heteroatoms. The van der Waals surface area contributed by atoms with E-state index in [9.17, 15) is 4.79 Å². The number of rotatable bonds is 2. The summed E-state index contributed by atoms with van der Waals surface area (Å²) in [5, 5.41) is 0. The van der Waals surface area contributed by atoms with Crippen LogP contribution in [-0.2, 0) is 16.8 Å². The van der Waals surface area contributed by atoms with Gasteiger partial charge in [0.05, 0.1) is 12.1 Å². The van der Waals surface area contributed by atoms with E-state index in [1.807, 2.05) is 0 Å². The van der Waals surface area contributed by atoms with Crippen LogP contribution < -0.4 is 4.74 Å². The lowest BCUT2D eigenvalue weighted by Crippen LogP contribution is -2.19. The van der Waals surface area contributed by atoms with Gasteiger partial charge < -0.3 is 4.74 Å². The van der Waals surface area contributed by atoms with E-state index in [1.165, 1.54) is 11.1 Å². The van der Waals surface area contributed by atoms with Gasteiger partial charge in [-0.25, -0.2) is 4.79 Å². The lowest BCUT2D eigenvalue weighted by molar-refractivity contribution is 0.354. The Bertz CT molecular complexity index is 524. The number of fused-ring (bicyclic) bond motifs is 1. The van der Waals surface area contributed by atoms with Crippen LogP contribution in [0.25, 0.3) is 0 Å². The molecule has 0 saturated heterocycles. The number of hydrogen-bond donors (Lipinski definition) is 0. The highest BCUT2D eigenvalue weighted by Gasteiger charge is 2.36. The van der Waals surface area contributed by atoms with Gasteiger partial charge in [0.1, 0.15) is 5.75 Å². The minimum absolute atomic E-state index is 0.315. The van der Waals surface area contributed by atoms with Crippen LogP contribution >= 0.6 is 0 Å². The lowest BCUT2D eigenvalue weighted by atomic mass is 9.86. The summed E-state index contributed by atoms with van der Waals surface area (Å²) >= 11 is 0. The van der Waals surface area contributed by atoms with Gasteiger partial charge in [-0.3, -0.25) is 0 Å². The molecule has 1 fully saturated rings. The Balaban J connectivity index is 2.11. The molecule has 0 radical (unpaired) electrons. The standard InChI is InChI=1S/C15H17NO2/c1-11-8-13(9-12-4-7-18-14(11)12)15(16-10-17)5-2-3-6-15/h8-9H,2-7H2,1H3. The van der Waals surface area contributed by atoms with Crippen molar-refractivity contribution in [1.29, 1.82) is 0 Å². The van der Waals surface area contributed by atoms with Crippen molar-refractivity contribution in [2.45, 2.75) is 44.6 Å². The molecule has 94 valence electrons. The number of aliphatic imine (C=N–C) groups is 1. The van der Waals surface area contributed by atoms with Crippen LogP contribution in [-0.4, -0.2) is 12.7 Å². The number of aryl methyl sites for hydroxylation is 1. The van der Waals surface area contributed by atoms with Crippen LogP contribution in [0.4, 0.5) is 0 Å². The molecule has 0 spiro atoms. The lowest BCUT2D eigenvalue weighted by Gasteiger charge is -2.24. The minimum Gasteiger partial charge on any atom is -0.493 e. The number of hydrogen-bond acceptors (Lipinski definition) is 3. The maximum Gasteiger partial charge on any atom is 0.235 e. The van der Waals surface area contributed by atoms with Crippen LogP contribution in [0.2, 0.25) is 0 Å². The summed E-state index contributed by atoms with van der Waals surface area (Å²) < 4.78 is 5.63. The first-order chi connectivity index (χ1) is 8.75. The van der Waals surface area contributed by atoms with Crippen molar-refractivity contribution in [2.75, 3.05) is 6.61 Å². The molecule has 1 aliphatic carbocycles. The Morgan fingerprint density at radius 2 is 2.11 bits per heavy atom. The monoisotopic (exact) mass is 243 g/mol. The van der Waals surface area contributed by atoms with Gasteiger partial charge in [-0.2, -0.15) is 4.99 Å². The van der Waals surface area contributed by atoms with Crippen LogP contribution in [0.15, 0.2) is 17.1 Å². The van der Waals surface area contributed by atoms with E-state index in [2.05, 4.69) is 24.0 Å². The second kappa shape index (κ2) is 4.25. The number of carbonyl (C=O) groups excluding carboxylic acids is 1. The number of ether oxygens (including phenoxy) is 1. The molecule has 0 unspecified atom stereocenters. The average molecular weight is 243 g/mol. The van der Waals surface area contributed by atoms with E-state index in [0.717, 1.165) is 50.0 Å². The molecule has 1 aromatic rings. The molecule has 3 nitrogen and oxygen atoms in total. The van der Waals surface area contributed by atoms with E-state index in [-0.39, 0.29) is 5.54 Å². The first-order valence-electron chi connectivity index (χ1n) is 6.61. The van der Waals surface area contributed by atoms with Gasteiger partial charge in [-0.1, -0.05) is 12.8 Å². The van der Waals surface area contributed by atoms with E-state index in [4.69, 9.17) is 4.74 Å². The van der Waals surface area contributed by atoms with Crippen molar-refractivity contribution in [1.82, 2.24) is 0 Å². The van der Waals surface area contributed by atoms with Crippen LogP contribution in [0.1, 0.15) is 42.4 Å². The number of nitrogens with zero attached hydrogens (tertiary/aromatic N) is 1. The molecule has 3 rings (SSSR count). The Morgan fingerprint density at radius 1 is 1.33 bits per heavy atom. The third-order valence-electron chi connectivity index (χ3n) is 4.20. The fourth-order valence-electron chi connectivity index (χ4n) is 3.28. The maximum atomic E-state index is 10.7.